The fraction of sp³-hybridized carbons (Fsp3) is 0.114. The van der Waals surface area contributed by atoms with E-state index < -0.39 is 0 Å². The molecule has 0 fully saturated rings. The molecule has 0 aliphatic carbocycles. The average molecular weight is 646 g/mol. The van der Waals surface area contributed by atoms with Crippen molar-refractivity contribution in [1.82, 2.24) is 0 Å². The van der Waals surface area contributed by atoms with Crippen molar-refractivity contribution in [3.05, 3.63) is 186 Å². The van der Waals surface area contributed by atoms with Crippen molar-refractivity contribution in [3.63, 3.8) is 0 Å². The topological polar surface area (TPSA) is 48.2 Å². The first-order valence-electron chi connectivity index (χ1n) is 16.4. The van der Waals surface area contributed by atoms with E-state index in [9.17, 15) is 0 Å². The predicted octanol–water partition coefficient (Wildman–Crippen LogP) is 11.0. The number of hydrogen-bond donors (Lipinski definition) is 0. The molecule has 0 bridgehead atoms. The molecule has 0 aliphatic rings. The van der Waals surface area contributed by atoms with E-state index in [2.05, 4.69) is 25.1 Å². The zero-order valence-electron chi connectivity index (χ0n) is 27.4. The molecule has 6 aromatic carbocycles. The third-order valence-electron chi connectivity index (χ3n) is 8.20. The van der Waals surface area contributed by atoms with Gasteiger partial charge in [-0.25, -0.2) is 4.42 Å². The normalized spacial score (nSPS) is 10.9. The monoisotopic (exact) mass is 645 g/mol. The molecule has 5 heteroatoms. The number of ether oxygens (including phenoxy) is 4. The molecule has 0 saturated heterocycles. The second-order valence-corrected chi connectivity index (χ2v) is 11.9. The highest BCUT2D eigenvalue weighted by molar-refractivity contribution is 5.86. The summed E-state index contributed by atoms with van der Waals surface area (Å²) in [6.07, 6.45) is 0. The van der Waals surface area contributed by atoms with Gasteiger partial charge >= 0.3 is 11.3 Å². The van der Waals surface area contributed by atoms with Gasteiger partial charge in [-0.15, -0.1) is 0 Å². The predicted molar refractivity (Wildman–Crippen MR) is 194 cm³/mol. The van der Waals surface area contributed by atoms with Crippen LogP contribution in [-0.2, 0) is 26.4 Å². The van der Waals surface area contributed by atoms with E-state index in [1.54, 1.807) is 0 Å². The summed E-state index contributed by atoms with van der Waals surface area (Å²) in [5.74, 6) is 3.20. The van der Waals surface area contributed by atoms with E-state index in [-0.39, 0.29) is 0 Å². The SMILES string of the molecule is Cc1cc(OCc2ccccc2)cc2[o+]c(-c3ccc(OCc4ccccc4)c(OCc4ccccc4)c3)c(OCc3ccccc3)cc12. The average Bonchev–Trinajstić information content (AvgIpc) is 3.16. The van der Waals surface area contributed by atoms with Crippen molar-refractivity contribution in [2.24, 2.45) is 0 Å². The second-order valence-electron chi connectivity index (χ2n) is 11.9. The van der Waals surface area contributed by atoms with Crippen LogP contribution in [0.25, 0.3) is 22.3 Å². The Labute approximate surface area is 286 Å². The van der Waals surface area contributed by atoms with Crippen LogP contribution >= 0.6 is 0 Å². The van der Waals surface area contributed by atoms with Gasteiger partial charge in [0.2, 0.25) is 5.75 Å². The van der Waals surface area contributed by atoms with Gasteiger partial charge in [-0.05, 0) is 52.9 Å². The highest BCUT2D eigenvalue weighted by Crippen LogP contribution is 2.41. The molecule has 0 spiro atoms. The van der Waals surface area contributed by atoms with E-state index in [4.69, 9.17) is 23.4 Å². The summed E-state index contributed by atoms with van der Waals surface area (Å²) in [7, 11) is 0. The quantitative estimate of drug-likeness (QED) is 0.117. The summed E-state index contributed by atoms with van der Waals surface area (Å²) >= 11 is 0. The number of fused-ring (bicyclic) bond motifs is 1. The van der Waals surface area contributed by atoms with Gasteiger partial charge in [0.25, 0.3) is 0 Å². The highest BCUT2D eigenvalue weighted by Gasteiger charge is 2.26. The summed E-state index contributed by atoms with van der Waals surface area (Å²) in [5, 5.41) is 0.947. The smallest absolute Gasteiger partial charge is 0.402 e. The molecular weight excluding hydrogens is 608 g/mol. The number of rotatable bonds is 13. The Morgan fingerprint density at radius 3 is 1.43 bits per heavy atom. The van der Waals surface area contributed by atoms with Crippen LogP contribution in [0.2, 0.25) is 0 Å². The fourth-order valence-electron chi connectivity index (χ4n) is 5.58. The molecule has 0 saturated carbocycles. The Morgan fingerprint density at radius 1 is 0.429 bits per heavy atom. The van der Waals surface area contributed by atoms with Gasteiger partial charge in [-0.1, -0.05) is 121 Å². The molecule has 0 N–H and O–H groups in total. The van der Waals surface area contributed by atoms with Gasteiger partial charge in [0.15, 0.2) is 11.5 Å². The summed E-state index contributed by atoms with van der Waals surface area (Å²) in [6.45, 7) is 3.71. The van der Waals surface area contributed by atoms with Crippen LogP contribution in [0.5, 0.6) is 23.0 Å². The van der Waals surface area contributed by atoms with Crippen LogP contribution in [0.1, 0.15) is 27.8 Å². The lowest BCUT2D eigenvalue weighted by Gasteiger charge is -2.14. The van der Waals surface area contributed by atoms with E-state index >= 15 is 0 Å². The second kappa shape index (κ2) is 15.2. The van der Waals surface area contributed by atoms with Crippen LogP contribution in [0.15, 0.2) is 162 Å². The first kappa shape index (κ1) is 31.5. The van der Waals surface area contributed by atoms with Crippen LogP contribution in [0.4, 0.5) is 0 Å². The van der Waals surface area contributed by atoms with E-state index in [0.29, 0.717) is 55.0 Å². The standard InChI is InChI=1S/C44H37O5/c1-32-24-38(45-28-33-14-6-2-7-15-33)26-41-39(32)27-43(48-31-36-20-12-5-13-21-36)44(49-41)37-22-23-40(46-29-34-16-8-3-9-17-34)42(25-37)47-30-35-18-10-4-11-19-35/h2-27H,28-31H2,1H3/q+1. The number of hydrogen-bond acceptors (Lipinski definition) is 4. The van der Waals surface area contributed by atoms with Crippen molar-refractivity contribution in [3.8, 4) is 34.3 Å². The van der Waals surface area contributed by atoms with E-state index in [0.717, 1.165) is 44.5 Å². The lowest BCUT2D eigenvalue weighted by atomic mass is 10.1. The summed E-state index contributed by atoms with van der Waals surface area (Å²) < 4.78 is 32.1. The first-order valence-corrected chi connectivity index (χ1v) is 16.4. The molecule has 0 amide bonds. The largest absolute Gasteiger partial charge is 0.489 e. The third kappa shape index (κ3) is 8.09. The summed E-state index contributed by atoms with van der Waals surface area (Å²) in [5.41, 5.74) is 6.81. The lowest BCUT2D eigenvalue weighted by molar-refractivity contribution is 0.256. The molecule has 49 heavy (non-hydrogen) atoms. The lowest BCUT2D eigenvalue weighted by Crippen LogP contribution is -2.01. The van der Waals surface area contributed by atoms with Gasteiger partial charge in [0.1, 0.15) is 32.2 Å². The molecule has 1 aromatic heterocycles. The summed E-state index contributed by atoms with van der Waals surface area (Å²) in [6, 6.07) is 52.4. The molecule has 1 heterocycles. The maximum Gasteiger partial charge on any atom is 0.402 e. The zero-order chi connectivity index (χ0) is 33.3. The Bertz CT molecular complexity index is 2120. The minimum Gasteiger partial charge on any atom is -0.489 e. The fourth-order valence-corrected chi connectivity index (χ4v) is 5.58. The van der Waals surface area contributed by atoms with Gasteiger partial charge in [-0.3, -0.25) is 0 Å². The van der Waals surface area contributed by atoms with Crippen LogP contribution < -0.4 is 18.9 Å². The molecular formula is C44H37O5+. The molecule has 0 atom stereocenters. The van der Waals surface area contributed by atoms with Crippen molar-refractivity contribution < 1.29 is 23.4 Å². The molecule has 0 aliphatic heterocycles. The maximum absolute atomic E-state index is 6.73. The Hall–Kier alpha value is -6.07. The van der Waals surface area contributed by atoms with Gasteiger partial charge in [-0.2, -0.15) is 0 Å². The third-order valence-corrected chi connectivity index (χ3v) is 8.20. The molecule has 7 rings (SSSR count). The van der Waals surface area contributed by atoms with Crippen molar-refractivity contribution in [1.29, 1.82) is 0 Å². The van der Waals surface area contributed by atoms with Crippen molar-refractivity contribution in [2.75, 3.05) is 0 Å². The molecule has 0 unspecified atom stereocenters. The Balaban J connectivity index is 1.26. The van der Waals surface area contributed by atoms with E-state index in [1.807, 2.05) is 140 Å². The minimum atomic E-state index is 0.388. The van der Waals surface area contributed by atoms with Gasteiger partial charge < -0.3 is 18.9 Å². The van der Waals surface area contributed by atoms with Gasteiger partial charge in [0.05, 0.1) is 17.0 Å². The number of benzene rings is 6. The molecule has 5 nitrogen and oxygen atoms in total. The molecule has 0 radical (unpaired) electrons. The van der Waals surface area contributed by atoms with Crippen molar-refractivity contribution in [2.45, 2.75) is 33.4 Å². The Kier molecular flexibility index (Phi) is 9.79. The summed E-state index contributed by atoms with van der Waals surface area (Å²) in [4.78, 5) is 0. The van der Waals surface area contributed by atoms with E-state index in [1.165, 1.54) is 0 Å². The zero-order valence-corrected chi connectivity index (χ0v) is 27.4. The van der Waals surface area contributed by atoms with Crippen LogP contribution in [0.3, 0.4) is 0 Å². The molecule has 7 aromatic rings. The van der Waals surface area contributed by atoms with Gasteiger partial charge in [0, 0.05) is 12.1 Å². The molecule has 242 valence electrons. The first-order chi connectivity index (χ1) is 24.2. The van der Waals surface area contributed by atoms with Crippen molar-refractivity contribution >= 4 is 11.0 Å². The van der Waals surface area contributed by atoms with Crippen LogP contribution in [-0.4, -0.2) is 0 Å². The van der Waals surface area contributed by atoms with Crippen LogP contribution in [0, 0.1) is 6.92 Å². The highest BCUT2D eigenvalue weighted by atomic mass is 16.5. The number of aryl methyl sites for hydroxylation is 1. The minimum absolute atomic E-state index is 0.388. The Morgan fingerprint density at radius 2 is 0.898 bits per heavy atom. The maximum atomic E-state index is 6.73.